The Balaban J connectivity index is 1.48. The monoisotopic (exact) mass is 470 g/mol. The quantitative estimate of drug-likeness (QED) is 0.618. The zero-order chi connectivity index (χ0) is 22.4. The molecular weight excluding hydrogens is 449 g/mol. The summed E-state index contributed by atoms with van der Waals surface area (Å²) in [6.45, 7) is 4.86. The van der Waals surface area contributed by atoms with Crippen molar-refractivity contribution in [3.05, 3.63) is 53.2 Å². The van der Waals surface area contributed by atoms with Crippen LogP contribution in [0.2, 0.25) is 0 Å². The van der Waals surface area contributed by atoms with Crippen molar-refractivity contribution in [2.75, 3.05) is 31.1 Å². The van der Waals surface area contributed by atoms with Crippen LogP contribution in [0.25, 0.3) is 10.6 Å². The van der Waals surface area contributed by atoms with E-state index in [9.17, 15) is 21.6 Å². The number of hydrogen-bond acceptors (Lipinski definition) is 5. The van der Waals surface area contributed by atoms with Gasteiger partial charge in [-0.1, -0.05) is 6.07 Å². The average Bonchev–Trinajstić information content (AvgIpc) is 3.35. The van der Waals surface area contributed by atoms with Crippen LogP contribution in [0, 0.1) is 13.8 Å². The van der Waals surface area contributed by atoms with Crippen molar-refractivity contribution in [1.29, 1.82) is 0 Å². The molecule has 0 amide bonds. The minimum atomic E-state index is -4.41. The molecule has 2 aromatic heterocycles. The molecule has 0 bridgehead atoms. The number of alkyl halides is 3. The van der Waals surface area contributed by atoms with Crippen LogP contribution in [0.4, 0.5) is 18.9 Å². The maximum atomic E-state index is 13.1. The lowest BCUT2D eigenvalue weighted by atomic mass is 10.1. The topological polar surface area (TPSA) is 69.3 Å². The SMILES string of the molecule is Cc1[nH]nc(-c2ccc(S(=O)(=O)N3CCN(c4cccc(C(F)(F)F)c4)CC3)s2)c1C. The van der Waals surface area contributed by atoms with Gasteiger partial charge in [0.2, 0.25) is 0 Å². The number of nitrogens with one attached hydrogen (secondary N) is 1. The molecule has 0 aliphatic carbocycles. The first-order valence-electron chi connectivity index (χ1n) is 9.61. The Labute approximate surface area is 182 Å². The van der Waals surface area contributed by atoms with Gasteiger partial charge in [0.25, 0.3) is 10.0 Å². The van der Waals surface area contributed by atoms with Gasteiger partial charge in [0, 0.05) is 37.6 Å². The molecule has 4 rings (SSSR count). The van der Waals surface area contributed by atoms with Gasteiger partial charge in [-0.25, -0.2) is 8.42 Å². The summed E-state index contributed by atoms with van der Waals surface area (Å²) in [7, 11) is -3.69. The van der Waals surface area contributed by atoms with Crippen molar-refractivity contribution in [2.24, 2.45) is 0 Å². The summed E-state index contributed by atoms with van der Waals surface area (Å²) in [6, 6.07) is 8.44. The number of sulfonamides is 1. The van der Waals surface area contributed by atoms with Crippen LogP contribution >= 0.6 is 11.3 Å². The average molecular weight is 471 g/mol. The molecule has 31 heavy (non-hydrogen) atoms. The summed E-state index contributed by atoms with van der Waals surface area (Å²) in [5, 5.41) is 7.15. The number of aryl methyl sites for hydroxylation is 1. The van der Waals surface area contributed by atoms with E-state index in [0.717, 1.165) is 34.0 Å². The fourth-order valence-electron chi connectivity index (χ4n) is 3.50. The van der Waals surface area contributed by atoms with Crippen molar-refractivity contribution in [3.8, 4) is 10.6 Å². The fourth-order valence-corrected chi connectivity index (χ4v) is 6.43. The van der Waals surface area contributed by atoms with Gasteiger partial charge in [0.05, 0.1) is 10.4 Å². The zero-order valence-electron chi connectivity index (χ0n) is 16.9. The third kappa shape index (κ3) is 4.21. The Kier molecular flexibility index (Phi) is 5.61. The fraction of sp³-hybridized carbons (Fsp3) is 0.350. The number of halogens is 3. The molecule has 1 fully saturated rings. The molecule has 3 heterocycles. The summed E-state index contributed by atoms with van der Waals surface area (Å²) >= 11 is 1.17. The number of benzene rings is 1. The van der Waals surface area contributed by atoms with E-state index in [-0.39, 0.29) is 17.3 Å². The van der Waals surface area contributed by atoms with Crippen LogP contribution < -0.4 is 4.90 Å². The number of thiophene rings is 1. The van der Waals surface area contributed by atoms with Gasteiger partial charge in [-0.2, -0.15) is 22.6 Å². The lowest BCUT2D eigenvalue weighted by molar-refractivity contribution is -0.137. The lowest BCUT2D eigenvalue weighted by Crippen LogP contribution is -2.48. The molecule has 1 N–H and O–H groups in total. The van der Waals surface area contributed by atoms with Crippen molar-refractivity contribution in [3.63, 3.8) is 0 Å². The van der Waals surface area contributed by atoms with Crippen LogP contribution in [0.1, 0.15) is 16.8 Å². The van der Waals surface area contributed by atoms with Gasteiger partial charge in [-0.15, -0.1) is 11.3 Å². The summed E-state index contributed by atoms with van der Waals surface area (Å²) in [4.78, 5) is 2.54. The number of nitrogens with zero attached hydrogens (tertiary/aromatic N) is 3. The highest BCUT2D eigenvalue weighted by atomic mass is 32.2. The second-order valence-corrected chi connectivity index (χ2v) is 10.6. The molecule has 0 saturated carbocycles. The number of piperazine rings is 1. The van der Waals surface area contributed by atoms with Crippen molar-refractivity contribution in [1.82, 2.24) is 14.5 Å². The van der Waals surface area contributed by atoms with Crippen LogP contribution in [-0.4, -0.2) is 49.1 Å². The van der Waals surface area contributed by atoms with Crippen molar-refractivity contribution >= 4 is 27.0 Å². The van der Waals surface area contributed by atoms with E-state index >= 15 is 0 Å². The van der Waals surface area contributed by atoms with Gasteiger partial charge in [-0.3, -0.25) is 5.10 Å². The molecule has 0 atom stereocenters. The largest absolute Gasteiger partial charge is 0.416 e. The highest BCUT2D eigenvalue weighted by Crippen LogP contribution is 2.35. The first-order valence-corrected chi connectivity index (χ1v) is 11.9. The van der Waals surface area contributed by atoms with Crippen molar-refractivity contribution < 1.29 is 21.6 Å². The predicted molar refractivity (Wildman–Crippen MR) is 114 cm³/mol. The predicted octanol–water partition coefficient (Wildman–Crippen LogP) is 4.28. The van der Waals surface area contributed by atoms with Crippen molar-refractivity contribution in [2.45, 2.75) is 24.2 Å². The third-order valence-corrected chi connectivity index (χ3v) is 8.90. The van der Waals surface area contributed by atoms with E-state index in [1.807, 2.05) is 13.8 Å². The number of aromatic amines is 1. The molecule has 1 saturated heterocycles. The number of rotatable bonds is 4. The third-order valence-electron chi connectivity index (χ3n) is 5.44. The summed E-state index contributed by atoms with van der Waals surface area (Å²) in [5.74, 6) is 0. The van der Waals surface area contributed by atoms with E-state index in [1.165, 1.54) is 21.7 Å². The number of aromatic nitrogens is 2. The van der Waals surface area contributed by atoms with E-state index in [0.29, 0.717) is 18.8 Å². The zero-order valence-corrected chi connectivity index (χ0v) is 18.5. The van der Waals surface area contributed by atoms with E-state index in [4.69, 9.17) is 0 Å². The first kappa shape index (κ1) is 21.8. The Bertz CT molecular complexity index is 1190. The maximum absolute atomic E-state index is 13.1. The van der Waals surface area contributed by atoms with Crippen LogP contribution in [0.15, 0.2) is 40.6 Å². The Morgan fingerprint density at radius 3 is 2.39 bits per heavy atom. The number of hydrogen-bond donors (Lipinski definition) is 1. The van der Waals surface area contributed by atoms with E-state index in [1.54, 1.807) is 23.1 Å². The van der Waals surface area contributed by atoms with E-state index in [2.05, 4.69) is 10.2 Å². The van der Waals surface area contributed by atoms with Gasteiger partial charge >= 0.3 is 6.18 Å². The second kappa shape index (κ2) is 7.95. The lowest BCUT2D eigenvalue weighted by Gasteiger charge is -2.35. The molecule has 11 heteroatoms. The molecule has 0 radical (unpaired) electrons. The molecule has 1 aliphatic rings. The Morgan fingerprint density at radius 2 is 1.77 bits per heavy atom. The highest BCUT2D eigenvalue weighted by molar-refractivity contribution is 7.91. The minimum absolute atomic E-state index is 0.201. The van der Waals surface area contributed by atoms with Gasteiger partial charge in [0.1, 0.15) is 9.90 Å². The number of H-pyrrole nitrogens is 1. The molecule has 6 nitrogen and oxygen atoms in total. The van der Waals surface area contributed by atoms with Gasteiger partial charge in [-0.05, 0) is 49.7 Å². The molecule has 166 valence electrons. The summed E-state index contributed by atoms with van der Waals surface area (Å²) in [6.07, 6.45) is -4.41. The minimum Gasteiger partial charge on any atom is -0.369 e. The van der Waals surface area contributed by atoms with Crippen LogP contribution in [0.5, 0.6) is 0 Å². The maximum Gasteiger partial charge on any atom is 0.416 e. The summed E-state index contributed by atoms with van der Waals surface area (Å²) < 4.78 is 66.7. The standard InChI is InChI=1S/C20H21F3N4O2S2/c1-13-14(2)24-25-19(13)17-6-7-18(30-17)31(28,29)27-10-8-26(9-11-27)16-5-3-4-15(12-16)20(21,22)23/h3-7,12H,8-11H2,1-2H3,(H,24,25). The number of anilines is 1. The van der Waals surface area contributed by atoms with E-state index < -0.39 is 21.8 Å². The molecule has 1 aliphatic heterocycles. The smallest absolute Gasteiger partial charge is 0.369 e. The molecule has 0 spiro atoms. The molecule has 0 unspecified atom stereocenters. The first-order chi connectivity index (χ1) is 14.6. The van der Waals surface area contributed by atoms with Gasteiger partial charge < -0.3 is 4.90 Å². The Morgan fingerprint density at radius 1 is 1.06 bits per heavy atom. The second-order valence-electron chi connectivity index (χ2n) is 7.38. The van der Waals surface area contributed by atoms with Crippen LogP contribution in [0.3, 0.4) is 0 Å². The normalized spacial score (nSPS) is 16.1. The molecular formula is C20H21F3N4O2S2. The molecule has 1 aromatic carbocycles. The molecule has 3 aromatic rings. The summed E-state index contributed by atoms with van der Waals surface area (Å²) in [5.41, 5.74) is 2.36. The Hall–Kier alpha value is -2.37. The van der Waals surface area contributed by atoms with Crippen LogP contribution in [-0.2, 0) is 16.2 Å². The highest BCUT2D eigenvalue weighted by Gasteiger charge is 2.33. The van der Waals surface area contributed by atoms with Gasteiger partial charge in [0.15, 0.2) is 0 Å².